The minimum absolute atomic E-state index is 0.0936. The highest BCUT2D eigenvalue weighted by atomic mass is 16.2. The van der Waals surface area contributed by atoms with Crippen molar-refractivity contribution in [2.24, 2.45) is 11.5 Å². The van der Waals surface area contributed by atoms with E-state index in [1.54, 1.807) is 18.2 Å². The second-order valence-corrected chi connectivity index (χ2v) is 6.00. The molecule has 3 rings (SSSR count). The number of carbonyl (C=O) groups is 3. The van der Waals surface area contributed by atoms with E-state index < -0.39 is 11.9 Å². The van der Waals surface area contributed by atoms with Gasteiger partial charge in [0.1, 0.15) is 0 Å². The summed E-state index contributed by atoms with van der Waals surface area (Å²) in [6.45, 7) is 1.45. The second kappa shape index (κ2) is 7.62. The Morgan fingerprint density at radius 2 is 1.68 bits per heavy atom. The van der Waals surface area contributed by atoms with E-state index in [0.717, 1.165) is 11.1 Å². The maximum Gasteiger partial charge on any atom is 0.316 e. The Bertz CT molecular complexity index is 1060. The molecule has 4 amide bonds. The summed E-state index contributed by atoms with van der Waals surface area (Å²) in [6.07, 6.45) is 1.46. The van der Waals surface area contributed by atoms with Gasteiger partial charge in [-0.05, 0) is 35.4 Å². The number of benzene rings is 2. The fraction of sp³-hybridized carbons (Fsp3) is 0.0526. The molecular formula is C19H18N6O3. The number of carbonyl (C=O) groups excluding carboxylic acids is 3. The van der Waals surface area contributed by atoms with Gasteiger partial charge >= 0.3 is 6.03 Å². The van der Waals surface area contributed by atoms with E-state index in [4.69, 9.17) is 11.5 Å². The van der Waals surface area contributed by atoms with Crippen molar-refractivity contribution < 1.29 is 14.4 Å². The lowest BCUT2D eigenvalue weighted by atomic mass is 10.0. The third-order valence-electron chi connectivity index (χ3n) is 3.85. The van der Waals surface area contributed by atoms with E-state index in [1.165, 1.54) is 17.8 Å². The smallest absolute Gasteiger partial charge is 0.316 e. The van der Waals surface area contributed by atoms with E-state index in [1.807, 2.05) is 30.3 Å². The summed E-state index contributed by atoms with van der Waals surface area (Å²) < 4.78 is 1.43. The fourth-order valence-corrected chi connectivity index (χ4v) is 2.69. The highest BCUT2D eigenvalue weighted by Crippen LogP contribution is 2.25. The molecule has 0 atom stereocenters. The molecule has 0 saturated heterocycles. The monoisotopic (exact) mass is 378 g/mol. The van der Waals surface area contributed by atoms with E-state index in [-0.39, 0.29) is 17.3 Å². The first-order valence-electron chi connectivity index (χ1n) is 8.28. The molecule has 0 unspecified atom stereocenters. The number of hydrogen-bond donors (Lipinski definition) is 4. The van der Waals surface area contributed by atoms with Crippen LogP contribution in [0, 0.1) is 0 Å². The third kappa shape index (κ3) is 4.15. The number of anilines is 2. The molecule has 0 bridgehead atoms. The lowest BCUT2D eigenvalue weighted by Gasteiger charge is -2.07. The van der Waals surface area contributed by atoms with Gasteiger partial charge in [0, 0.05) is 12.6 Å². The summed E-state index contributed by atoms with van der Waals surface area (Å²) in [5.74, 6) is -0.925. The molecule has 1 heterocycles. The second-order valence-electron chi connectivity index (χ2n) is 6.00. The molecule has 9 nitrogen and oxygen atoms in total. The average Bonchev–Trinajstić information content (AvgIpc) is 3.05. The summed E-state index contributed by atoms with van der Waals surface area (Å²) in [7, 11) is 0. The highest BCUT2D eigenvalue weighted by molar-refractivity contribution is 6.00. The Morgan fingerprint density at radius 1 is 0.964 bits per heavy atom. The number of rotatable bonds is 5. The van der Waals surface area contributed by atoms with Crippen LogP contribution in [0.3, 0.4) is 0 Å². The number of nitrogens with zero attached hydrogens (tertiary/aromatic N) is 2. The largest absolute Gasteiger partial charge is 0.364 e. The zero-order valence-electron chi connectivity index (χ0n) is 15.0. The van der Waals surface area contributed by atoms with Gasteiger partial charge in [-0.2, -0.15) is 5.10 Å². The van der Waals surface area contributed by atoms with E-state index in [0.29, 0.717) is 11.4 Å². The maximum absolute atomic E-state index is 11.6. The minimum Gasteiger partial charge on any atom is -0.364 e. The number of amides is 4. The Labute approximate surface area is 160 Å². The van der Waals surface area contributed by atoms with E-state index >= 15 is 0 Å². The van der Waals surface area contributed by atoms with Crippen LogP contribution in [0.25, 0.3) is 16.8 Å². The van der Waals surface area contributed by atoms with Crippen molar-refractivity contribution >= 4 is 29.2 Å². The maximum atomic E-state index is 11.6. The zero-order valence-corrected chi connectivity index (χ0v) is 15.0. The van der Waals surface area contributed by atoms with Crippen LogP contribution in [-0.2, 0) is 4.79 Å². The standard InChI is InChI=1S/C19H18N6O3/c1-11(26)22-14-7-5-12(6-8-14)13-3-2-4-15(9-13)25-10-16(23-19(21)28)17(24-25)18(20)27/h2-10H,1H3,(H2,20,27)(H,22,26)(H3,21,23,28). The summed E-state index contributed by atoms with van der Waals surface area (Å²) in [4.78, 5) is 33.8. The molecule has 142 valence electrons. The van der Waals surface area contributed by atoms with Gasteiger partial charge in [0.15, 0.2) is 5.69 Å². The van der Waals surface area contributed by atoms with Gasteiger partial charge in [-0.3, -0.25) is 9.59 Å². The predicted molar refractivity (Wildman–Crippen MR) is 105 cm³/mol. The van der Waals surface area contributed by atoms with Gasteiger partial charge in [0.2, 0.25) is 5.91 Å². The van der Waals surface area contributed by atoms with Crippen molar-refractivity contribution in [1.29, 1.82) is 0 Å². The molecule has 6 N–H and O–H groups in total. The zero-order chi connectivity index (χ0) is 20.3. The van der Waals surface area contributed by atoms with Crippen LogP contribution in [0.4, 0.5) is 16.2 Å². The van der Waals surface area contributed by atoms with Crippen molar-refractivity contribution in [1.82, 2.24) is 9.78 Å². The van der Waals surface area contributed by atoms with Gasteiger partial charge in [0.25, 0.3) is 5.91 Å². The van der Waals surface area contributed by atoms with Crippen LogP contribution in [0.5, 0.6) is 0 Å². The molecule has 0 radical (unpaired) electrons. The van der Waals surface area contributed by atoms with E-state index in [2.05, 4.69) is 15.7 Å². The first-order valence-corrected chi connectivity index (χ1v) is 8.28. The van der Waals surface area contributed by atoms with Gasteiger partial charge in [-0.15, -0.1) is 0 Å². The van der Waals surface area contributed by atoms with Crippen molar-refractivity contribution in [3.05, 3.63) is 60.4 Å². The Balaban J connectivity index is 1.94. The van der Waals surface area contributed by atoms with Crippen molar-refractivity contribution in [2.45, 2.75) is 6.92 Å². The van der Waals surface area contributed by atoms with Crippen LogP contribution < -0.4 is 22.1 Å². The number of hydrogen-bond acceptors (Lipinski definition) is 4. The Kier molecular flexibility index (Phi) is 5.07. The number of urea groups is 1. The quantitative estimate of drug-likeness (QED) is 0.538. The minimum atomic E-state index is -0.824. The van der Waals surface area contributed by atoms with Crippen LogP contribution in [0.15, 0.2) is 54.7 Å². The van der Waals surface area contributed by atoms with Crippen LogP contribution in [0.1, 0.15) is 17.4 Å². The van der Waals surface area contributed by atoms with Crippen molar-refractivity contribution in [2.75, 3.05) is 10.6 Å². The predicted octanol–water partition coefficient (Wildman–Crippen LogP) is 2.09. The normalized spacial score (nSPS) is 10.3. The molecule has 1 aromatic heterocycles. The molecule has 28 heavy (non-hydrogen) atoms. The summed E-state index contributed by atoms with van der Waals surface area (Å²) in [5, 5.41) is 9.19. The first-order chi connectivity index (χ1) is 13.3. The number of nitrogens with one attached hydrogen (secondary N) is 2. The summed E-state index contributed by atoms with van der Waals surface area (Å²) >= 11 is 0. The highest BCUT2D eigenvalue weighted by Gasteiger charge is 2.16. The number of nitrogens with two attached hydrogens (primary N) is 2. The molecule has 9 heteroatoms. The van der Waals surface area contributed by atoms with Gasteiger partial charge in [0.05, 0.1) is 17.6 Å². The van der Waals surface area contributed by atoms with E-state index in [9.17, 15) is 14.4 Å². The molecule has 0 aliphatic heterocycles. The topological polar surface area (TPSA) is 145 Å². The molecule has 0 fully saturated rings. The molecule has 0 aliphatic rings. The lowest BCUT2D eigenvalue weighted by molar-refractivity contribution is -0.114. The third-order valence-corrected chi connectivity index (χ3v) is 3.85. The summed E-state index contributed by atoms with van der Waals surface area (Å²) in [6, 6.07) is 13.9. The molecule has 0 spiro atoms. The van der Waals surface area contributed by atoms with Crippen molar-refractivity contribution in [3.63, 3.8) is 0 Å². The SMILES string of the molecule is CC(=O)Nc1ccc(-c2cccc(-n3cc(NC(N)=O)c(C(N)=O)n3)c2)cc1. The fourth-order valence-electron chi connectivity index (χ4n) is 2.69. The Morgan fingerprint density at radius 3 is 2.29 bits per heavy atom. The molecule has 0 saturated carbocycles. The van der Waals surface area contributed by atoms with Gasteiger partial charge in [-0.1, -0.05) is 24.3 Å². The number of aromatic nitrogens is 2. The van der Waals surface area contributed by atoms with Gasteiger partial charge in [-0.25, -0.2) is 9.48 Å². The van der Waals surface area contributed by atoms with Gasteiger partial charge < -0.3 is 22.1 Å². The molecule has 3 aromatic rings. The molecule has 2 aromatic carbocycles. The van der Waals surface area contributed by atoms with Crippen LogP contribution in [-0.4, -0.2) is 27.6 Å². The molecule has 0 aliphatic carbocycles. The van der Waals surface area contributed by atoms with Crippen molar-refractivity contribution in [3.8, 4) is 16.8 Å². The number of primary amides is 2. The Hall–Kier alpha value is -4.14. The van der Waals surface area contributed by atoms with Crippen LogP contribution in [0.2, 0.25) is 0 Å². The lowest BCUT2D eigenvalue weighted by Crippen LogP contribution is -2.22. The average molecular weight is 378 g/mol. The molecular weight excluding hydrogens is 360 g/mol. The van der Waals surface area contributed by atoms with Crippen LogP contribution >= 0.6 is 0 Å². The summed E-state index contributed by atoms with van der Waals surface area (Å²) in [5.41, 5.74) is 13.6. The first kappa shape index (κ1) is 18.6.